The zero-order valence-electron chi connectivity index (χ0n) is 12.0. The number of halogens is 1. The van der Waals surface area contributed by atoms with Crippen molar-refractivity contribution >= 4 is 29.0 Å². The summed E-state index contributed by atoms with van der Waals surface area (Å²) in [6.45, 7) is 4.67. The number of aryl methyl sites for hydroxylation is 1. The summed E-state index contributed by atoms with van der Waals surface area (Å²) in [5, 5.41) is 6.33. The monoisotopic (exact) mass is 304 g/mol. The van der Waals surface area contributed by atoms with Crippen molar-refractivity contribution in [2.24, 2.45) is 0 Å². The second-order valence-electron chi connectivity index (χ2n) is 4.57. The maximum absolute atomic E-state index is 12.2. The van der Waals surface area contributed by atoms with Gasteiger partial charge in [-0.1, -0.05) is 18.5 Å². The van der Waals surface area contributed by atoms with E-state index in [4.69, 9.17) is 11.6 Å². The number of carbonyl (C=O) groups is 1. The number of nitrogens with zero attached hydrogens (tertiary/aromatic N) is 2. The van der Waals surface area contributed by atoms with E-state index in [1.165, 1.54) is 6.20 Å². The van der Waals surface area contributed by atoms with Crippen molar-refractivity contribution in [2.75, 3.05) is 17.2 Å². The number of nitrogens with one attached hydrogen (secondary N) is 2. The van der Waals surface area contributed by atoms with Gasteiger partial charge in [0.25, 0.3) is 5.91 Å². The lowest BCUT2D eigenvalue weighted by atomic mass is 10.2. The zero-order chi connectivity index (χ0) is 15.2. The molecule has 0 bridgehead atoms. The molecule has 1 amide bonds. The molecule has 5 nitrogen and oxygen atoms in total. The highest BCUT2D eigenvalue weighted by Gasteiger charge is 2.11. The molecule has 2 rings (SSSR count). The Morgan fingerprint density at radius 2 is 2.19 bits per heavy atom. The Bertz CT molecular complexity index is 645. The molecule has 0 saturated heterocycles. The third-order valence-corrected chi connectivity index (χ3v) is 3.19. The van der Waals surface area contributed by atoms with E-state index in [-0.39, 0.29) is 5.91 Å². The largest absolute Gasteiger partial charge is 0.369 e. The van der Waals surface area contributed by atoms with Gasteiger partial charge in [0.2, 0.25) is 0 Å². The van der Waals surface area contributed by atoms with E-state index in [0.717, 1.165) is 18.7 Å². The molecule has 2 aromatic rings. The highest BCUT2D eigenvalue weighted by Crippen LogP contribution is 2.21. The number of anilines is 2. The third-order valence-electron chi connectivity index (χ3n) is 2.90. The molecule has 0 radical (unpaired) electrons. The predicted molar refractivity (Wildman–Crippen MR) is 85.0 cm³/mol. The van der Waals surface area contributed by atoms with Crippen LogP contribution in [0, 0.1) is 6.92 Å². The Morgan fingerprint density at radius 3 is 2.86 bits per heavy atom. The molecule has 2 heterocycles. The van der Waals surface area contributed by atoms with Crippen LogP contribution < -0.4 is 10.6 Å². The predicted octanol–water partition coefficient (Wildman–Crippen LogP) is 3.51. The Labute approximate surface area is 128 Å². The van der Waals surface area contributed by atoms with Gasteiger partial charge in [0.05, 0.1) is 22.0 Å². The Balaban J connectivity index is 2.13. The lowest BCUT2D eigenvalue weighted by molar-refractivity contribution is 0.102. The normalized spacial score (nSPS) is 10.2. The van der Waals surface area contributed by atoms with Crippen molar-refractivity contribution in [2.45, 2.75) is 20.3 Å². The molecule has 2 aromatic heterocycles. The summed E-state index contributed by atoms with van der Waals surface area (Å²) in [5.74, 6) is 0.329. The van der Waals surface area contributed by atoms with Gasteiger partial charge in [0.1, 0.15) is 5.82 Å². The number of hydrogen-bond acceptors (Lipinski definition) is 4. The van der Waals surface area contributed by atoms with Crippen LogP contribution in [-0.4, -0.2) is 22.4 Å². The highest BCUT2D eigenvalue weighted by molar-refractivity contribution is 6.33. The highest BCUT2D eigenvalue weighted by atomic mass is 35.5. The molecule has 0 unspecified atom stereocenters. The molecule has 0 aliphatic rings. The van der Waals surface area contributed by atoms with Crippen LogP contribution in [0.25, 0.3) is 0 Å². The zero-order valence-corrected chi connectivity index (χ0v) is 12.7. The van der Waals surface area contributed by atoms with Gasteiger partial charge in [-0.05, 0) is 31.5 Å². The van der Waals surface area contributed by atoms with Crippen LogP contribution in [0.15, 0.2) is 30.6 Å². The summed E-state index contributed by atoms with van der Waals surface area (Å²) < 4.78 is 0. The maximum Gasteiger partial charge on any atom is 0.257 e. The van der Waals surface area contributed by atoms with Crippen molar-refractivity contribution in [1.29, 1.82) is 0 Å². The van der Waals surface area contributed by atoms with Gasteiger partial charge in [0, 0.05) is 18.9 Å². The van der Waals surface area contributed by atoms with Crippen LogP contribution in [0.2, 0.25) is 5.02 Å². The smallest absolute Gasteiger partial charge is 0.257 e. The first-order valence-electron chi connectivity index (χ1n) is 6.74. The molecule has 0 atom stereocenters. The van der Waals surface area contributed by atoms with Crippen molar-refractivity contribution in [3.63, 3.8) is 0 Å². The fourth-order valence-corrected chi connectivity index (χ4v) is 1.98. The lowest BCUT2D eigenvalue weighted by Crippen LogP contribution is -2.14. The first-order valence-corrected chi connectivity index (χ1v) is 7.12. The number of amides is 1. The van der Waals surface area contributed by atoms with Gasteiger partial charge in [-0.15, -0.1) is 0 Å². The van der Waals surface area contributed by atoms with Gasteiger partial charge >= 0.3 is 0 Å². The molecule has 0 fully saturated rings. The lowest BCUT2D eigenvalue weighted by Gasteiger charge is -2.09. The topological polar surface area (TPSA) is 66.9 Å². The fourth-order valence-electron chi connectivity index (χ4n) is 1.75. The summed E-state index contributed by atoms with van der Waals surface area (Å²) >= 11 is 6.13. The van der Waals surface area contributed by atoms with Crippen LogP contribution in [0.4, 0.5) is 11.5 Å². The Morgan fingerprint density at radius 1 is 1.38 bits per heavy atom. The van der Waals surface area contributed by atoms with Crippen molar-refractivity contribution in [3.05, 3.63) is 46.9 Å². The standard InChI is InChI=1S/C15H17ClN4O/c1-3-6-18-14-12(16)8-11(9-19-14)15(21)20-13-5-4-7-17-10(13)2/h4-5,7-9H,3,6H2,1-2H3,(H,18,19)(H,20,21). The first-order chi connectivity index (χ1) is 10.1. The number of aromatic nitrogens is 2. The average Bonchev–Trinajstić information content (AvgIpc) is 2.48. The minimum absolute atomic E-state index is 0.262. The second kappa shape index (κ2) is 7.04. The van der Waals surface area contributed by atoms with Crippen LogP contribution >= 0.6 is 11.6 Å². The molecule has 0 aromatic carbocycles. The van der Waals surface area contributed by atoms with E-state index in [1.54, 1.807) is 24.4 Å². The summed E-state index contributed by atoms with van der Waals surface area (Å²) in [6, 6.07) is 5.17. The van der Waals surface area contributed by atoms with Gasteiger partial charge < -0.3 is 10.6 Å². The second-order valence-corrected chi connectivity index (χ2v) is 4.98. The van der Waals surface area contributed by atoms with Crippen LogP contribution in [-0.2, 0) is 0 Å². The van der Waals surface area contributed by atoms with Gasteiger partial charge in [-0.25, -0.2) is 4.98 Å². The van der Waals surface area contributed by atoms with E-state index >= 15 is 0 Å². The summed E-state index contributed by atoms with van der Waals surface area (Å²) in [7, 11) is 0. The van der Waals surface area contributed by atoms with Crippen molar-refractivity contribution in [1.82, 2.24) is 9.97 Å². The quantitative estimate of drug-likeness (QED) is 0.887. The molecular formula is C15H17ClN4O. The van der Waals surface area contributed by atoms with Crippen molar-refractivity contribution < 1.29 is 4.79 Å². The molecule has 21 heavy (non-hydrogen) atoms. The SMILES string of the molecule is CCCNc1ncc(C(=O)Nc2cccnc2C)cc1Cl. The van der Waals surface area contributed by atoms with Gasteiger partial charge in [-0.3, -0.25) is 9.78 Å². The molecule has 6 heteroatoms. The molecule has 0 spiro atoms. The minimum atomic E-state index is -0.262. The average molecular weight is 305 g/mol. The molecule has 0 saturated carbocycles. The van der Waals surface area contributed by atoms with Crippen LogP contribution in [0.5, 0.6) is 0 Å². The van der Waals surface area contributed by atoms with Gasteiger partial charge in [-0.2, -0.15) is 0 Å². The summed E-state index contributed by atoms with van der Waals surface area (Å²) in [6.07, 6.45) is 4.16. The van der Waals surface area contributed by atoms with E-state index < -0.39 is 0 Å². The maximum atomic E-state index is 12.2. The number of carbonyl (C=O) groups excluding carboxylic acids is 1. The van der Waals surface area contributed by atoms with Crippen LogP contribution in [0.1, 0.15) is 29.4 Å². The fraction of sp³-hybridized carbons (Fsp3) is 0.267. The molecule has 110 valence electrons. The van der Waals surface area contributed by atoms with Gasteiger partial charge in [0.15, 0.2) is 0 Å². The molecule has 0 aliphatic carbocycles. The minimum Gasteiger partial charge on any atom is -0.369 e. The number of pyridine rings is 2. The molecule has 2 N–H and O–H groups in total. The third kappa shape index (κ3) is 3.92. The van der Waals surface area contributed by atoms with E-state index in [1.807, 2.05) is 6.92 Å². The molecular weight excluding hydrogens is 288 g/mol. The summed E-state index contributed by atoms with van der Waals surface area (Å²) in [4.78, 5) is 20.5. The summed E-state index contributed by atoms with van der Waals surface area (Å²) in [5.41, 5.74) is 1.84. The number of rotatable bonds is 5. The van der Waals surface area contributed by atoms with Crippen LogP contribution in [0.3, 0.4) is 0 Å². The first kappa shape index (κ1) is 15.3. The van der Waals surface area contributed by atoms with E-state index in [9.17, 15) is 4.79 Å². The number of hydrogen-bond donors (Lipinski definition) is 2. The Kier molecular flexibility index (Phi) is 5.11. The van der Waals surface area contributed by atoms with E-state index in [2.05, 4.69) is 27.5 Å². The molecule has 0 aliphatic heterocycles. The van der Waals surface area contributed by atoms with Crippen molar-refractivity contribution in [3.8, 4) is 0 Å². The van der Waals surface area contributed by atoms with E-state index in [0.29, 0.717) is 22.1 Å². The Hall–Kier alpha value is -2.14.